The Balaban J connectivity index is 1.31. The van der Waals surface area contributed by atoms with Gasteiger partial charge in [-0.3, -0.25) is 4.90 Å². The molecule has 0 spiro atoms. The molecule has 0 bridgehead atoms. The van der Waals surface area contributed by atoms with Gasteiger partial charge in [-0.1, -0.05) is 6.42 Å². The van der Waals surface area contributed by atoms with Gasteiger partial charge in [-0.05, 0) is 81.1 Å². The molecule has 0 unspecified atom stereocenters. The van der Waals surface area contributed by atoms with Gasteiger partial charge in [-0.2, -0.15) is 0 Å². The van der Waals surface area contributed by atoms with Crippen LogP contribution in [0.2, 0.25) is 0 Å². The number of ether oxygens (including phenoxy) is 3. The Kier molecular flexibility index (Phi) is 6.36. The van der Waals surface area contributed by atoms with Crippen molar-refractivity contribution in [2.24, 2.45) is 5.92 Å². The van der Waals surface area contributed by atoms with E-state index in [2.05, 4.69) is 9.80 Å². The molecule has 7 nitrogen and oxygen atoms in total. The van der Waals surface area contributed by atoms with Crippen molar-refractivity contribution in [1.82, 2.24) is 9.80 Å². The highest BCUT2D eigenvalue weighted by Crippen LogP contribution is 2.37. The maximum absolute atomic E-state index is 13.2. The summed E-state index contributed by atoms with van der Waals surface area (Å²) in [5.41, 5.74) is 2.26. The van der Waals surface area contributed by atoms with Crippen LogP contribution in [0.15, 0.2) is 45.6 Å². The highest BCUT2D eigenvalue weighted by molar-refractivity contribution is 5.87. The molecule has 2 fully saturated rings. The zero-order valence-corrected chi connectivity index (χ0v) is 21.1. The average Bonchev–Trinajstić information content (AvgIpc) is 2.92. The molecule has 190 valence electrons. The van der Waals surface area contributed by atoms with E-state index in [1.165, 1.54) is 45.2 Å². The number of fused-ring (bicyclic) bond motifs is 4. The fraction of sp³-hybridized carbons (Fsp3) is 0.483. The van der Waals surface area contributed by atoms with Crippen molar-refractivity contribution in [2.45, 2.75) is 44.7 Å². The summed E-state index contributed by atoms with van der Waals surface area (Å²) in [5.74, 6) is 2.72. The van der Waals surface area contributed by atoms with Crippen LogP contribution in [0.4, 0.5) is 0 Å². The monoisotopic (exact) mass is 490 g/mol. The van der Waals surface area contributed by atoms with Crippen LogP contribution in [0.1, 0.15) is 37.7 Å². The lowest BCUT2D eigenvalue weighted by atomic mass is 9.83. The van der Waals surface area contributed by atoms with Gasteiger partial charge in [-0.15, -0.1) is 0 Å². The summed E-state index contributed by atoms with van der Waals surface area (Å²) < 4.78 is 23.0. The highest BCUT2D eigenvalue weighted by atomic mass is 16.5. The van der Waals surface area contributed by atoms with Gasteiger partial charge in [0.1, 0.15) is 29.6 Å². The summed E-state index contributed by atoms with van der Waals surface area (Å²) in [6.45, 7) is 4.80. The Hall–Kier alpha value is -3.03. The van der Waals surface area contributed by atoms with Gasteiger partial charge < -0.3 is 23.5 Å². The van der Waals surface area contributed by atoms with E-state index in [0.717, 1.165) is 29.8 Å². The van der Waals surface area contributed by atoms with Gasteiger partial charge in [-0.25, -0.2) is 4.79 Å². The van der Waals surface area contributed by atoms with E-state index >= 15 is 0 Å². The van der Waals surface area contributed by atoms with Gasteiger partial charge >= 0.3 is 5.63 Å². The standard InChI is InChI=1S/C29H34N2O5/c1-33-21-9-11-26(34-2)22(15-21)23-14-19-8-10-27-24(28(19)36-29(23)32)17-30(18-35-27)16-20-6-5-13-31-12-4-3-7-25(20)31/h8-11,14-15,20,25H,3-7,12-13,16-18H2,1-2H3/t20-,25-/m1/s1. The predicted molar refractivity (Wildman–Crippen MR) is 139 cm³/mol. The van der Waals surface area contributed by atoms with Crippen LogP contribution >= 0.6 is 0 Å². The molecule has 0 aliphatic carbocycles. The largest absolute Gasteiger partial charge is 0.497 e. The molecular weight excluding hydrogens is 456 g/mol. The van der Waals surface area contributed by atoms with Crippen LogP contribution in [-0.2, 0) is 6.54 Å². The van der Waals surface area contributed by atoms with Gasteiger partial charge in [0.25, 0.3) is 0 Å². The Bertz CT molecular complexity index is 1320. The predicted octanol–water partition coefficient (Wildman–Crippen LogP) is 4.89. The van der Waals surface area contributed by atoms with E-state index in [1.54, 1.807) is 26.4 Å². The first-order valence-corrected chi connectivity index (χ1v) is 13.1. The van der Waals surface area contributed by atoms with Crippen molar-refractivity contribution >= 4 is 11.0 Å². The summed E-state index contributed by atoms with van der Waals surface area (Å²) >= 11 is 0. The van der Waals surface area contributed by atoms with Gasteiger partial charge in [0.2, 0.25) is 0 Å². The fourth-order valence-corrected chi connectivity index (χ4v) is 6.39. The van der Waals surface area contributed by atoms with Crippen molar-refractivity contribution in [2.75, 3.05) is 40.6 Å². The molecule has 0 N–H and O–H groups in total. The average molecular weight is 491 g/mol. The molecule has 4 heterocycles. The minimum absolute atomic E-state index is 0.398. The third-order valence-electron chi connectivity index (χ3n) is 8.16. The molecule has 36 heavy (non-hydrogen) atoms. The summed E-state index contributed by atoms with van der Waals surface area (Å²) in [6.07, 6.45) is 6.54. The maximum Gasteiger partial charge on any atom is 0.344 e. The zero-order valence-electron chi connectivity index (χ0n) is 21.1. The molecule has 2 aromatic carbocycles. The second kappa shape index (κ2) is 9.79. The summed E-state index contributed by atoms with van der Waals surface area (Å²) in [5, 5.41) is 0.870. The van der Waals surface area contributed by atoms with Crippen LogP contribution in [0.5, 0.6) is 17.2 Å². The van der Waals surface area contributed by atoms with Gasteiger partial charge in [0.05, 0.1) is 25.3 Å². The van der Waals surface area contributed by atoms with Crippen LogP contribution in [-0.4, -0.2) is 56.4 Å². The van der Waals surface area contributed by atoms with Crippen LogP contribution in [0.25, 0.3) is 22.1 Å². The molecule has 3 aliphatic heterocycles. The summed E-state index contributed by atoms with van der Waals surface area (Å²) in [6, 6.07) is 12.0. The van der Waals surface area contributed by atoms with Crippen molar-refractivity contribution in [3.63, 3.8) is 0 Å². The van der Waals surface area contributed by atoms with Crippen LogP contribution < -0.4 is 19.8 Å². The lowest BCUT2D eigenvalue weighted by Gasteiger charge is -2.46. The minimum Gasteiger partial charge on any atom is -0.497 e. The number of hydrogen-bond donors (Lipinski definition) is 0. The first-order valence-electron chi connectivity index (χ1n) is 13.1. The number of benzene rings is 2. The number of nitrogens with zero attached hydrogens (tertiary/aromatic N) is 2. The number of hydrogen-bond acceptors (Lipinski definition) is 7. The lowest BCUT2D eigenvalue weighted by Crippen LogP contribution is -2.51. The molecular formula is C29H34N2O5. The summed E-state index contributed by atoms with van der Waals surface area (Å²) in [4.78, 5) is 18.3. The Labute approximate surface area is 211 Å². The second-order valence-electron chi connectivity index (χ2n) is 10.3. The third kappa shape index (κ3) is 4.24. The highest BCUT2D eigenvalue weighted by Gasteiger charge is 2.35. The Morgan fingerprint density at radius 3 is 2.72 bits per heavy atom. The fourth-order valence-electron chi connectivity index (χ4n) is 6.39. The van der Waals surface area contributed by atoms with Crippen molar-refractivity contribution < 1.29 is 18.6 Å². The van der Waals surface area contributed by atoms with E-state index < -0.39 is 5.63 Å². The van der Waals surface area contributed by atoms with E-state index in [1.807, 2.05) is 24.3 Å². The Morgan fingerprint density at radius 2 is 1.86 bits per heavy atom. The summed E-state index contributed by atoms with van der Waals surface area (Å²) in [7, 11) is 3.20. The van der Waals surface area contributed by atoms with Gasteiger partial charge in [0, 0.05) is 30.1 Å². The van der Waals surface area contributed by atoms with E-state index in [9.17, 15) is 4.79 Å². The quantitative estimate of drug-likeness (QED) is 0.472. The molecule has 0 radical (unpaired) electrons. The second-order valence-corrected chi connectivity index (χ2v) is 10.3. The van der Waals surface area contributed by atoms with Crippen LogP contribution in [0, 0.1) is 5.92 Å². The minimum atomic E-state index is -0.398. The Morgan fingerprint density at radius 1 is 0.972 bits per heavy atom. The van der Waals surface area contributed by atoms with Crippen LogP contribution in [0.3, 0.4) is 0 Å². The third-order valence-corrected chi connectivity index (χ3v) is 8.16. The first-order chi connectivity index (χ1) is 17.6. The van der Waals surface area contributed by atoms with E-state index in [-0.39, 0.29) is 0 Å². The topological polar surface area (TPSA) is 64.4 Å². The molecule has 1 aromatic heterocycles. The van der Waals surface area contributed by atoms with Crippen molar-refractivity contribution in [1.29, 1.82) is 0 Å². The molecule has 2 atom stereocenters. The first kappa shape index (κ1) is 23.4. The lowest BCUT2D eigenvalue weighted by molar-refractivity contribution is 0.0146. The molecule has 0 saturated carbocycles. The van der Waals surface area contributed by atoms with Crippen molar-refractivity contribution in [3.8, 4) is 28.4 Å². The molecule has 0 amide bonds. The smallest absolute Gasteiger partial charge is 0.344 e. The molecule has 7 heteroatoms. The SMILES string of the molecule is COc1ccc(OC)c(-c2cc3ccc4c(c3oc2=O)CN(C[C@H]2CCCN3CCCC[C@H]23)CO4)c1. The molecule has 3 aliphatic rings. The zero-order chi connectivity index (χ0) is 24.6. The number of piperidine rings is 2. The molecule has 3 aromatic rings. The number of rotatable bonds is 5. The van der Waals surface area contributed by atoms with Crippen molar-refractivity contribution in [3.05, 3.63) is 52.4 Å². The van der Waals surface area contributed by atoms with Gasteiger partial charge in [0.15, 0.2) is 0 Å². The molecule has 6 rings (SSSR count). The van der Waals surface area contributed by atoms with E-state index in [0.29, 0.717) is 46.9 Å². The molecule has 2 saturated heterocycles. The maximum atomic E-state index is 13.2. The van der Waals surface area contributed by atoms with E-state index in [4.69, 9.17) is 18.6 Å². The number of methoxy groups -OCH3 is 2. The normalized spacial score (nSPS) is 22.5.